The van der Waals surface area contributed by atoms with Gasteiger partial charge in [0, 0.05) is 36.9 Å². The highest BCUT2D eigenvalue weighted by atomic mass is 16.5. The summed E-state index contributed by atoms with van der Waals surface area (Å²) in [5.41, 5.74) is 8.35. The number of nitriles is 1. The fourth-order valence-corrected chi connectivity index (χ4v) is 4.52. The highest BCUT2D eigenvalue weighted by Gasteiger charge is 2.16. The summed E-state index contributed by atoms with van der Waals surface area (Å²) in [6.45, 7) is 9.45. The maximum absolute atomic E-state index is 12.2. The summed E-state index contributed by atoms with van der Waals surface area (Å²) in [5, 5.41) is 13.3. The van der Waals surface area contributed by atoms with Gasteiger partial charge in [0.05, 0.1) is 16.9 Å². The molecule has 5 heteroatoms. The predicted molar refractivity (Wildman–Crippen MR) is 146 cm³/mol. The molecular formula is C31H33N3O2. The lowest BCUT2D eigenvalue weighted by atomic mass is 9.95. The van der Waals surface area contributed by atoms with E-state index in [1.165, 1.54) is 0 Å². The molecule has 3 aromatic rings. The molecule has 1 aromatic heterocycles. The lowest BCUT2D eigenvalue weighted by molar-refractivity contribution is 0.0904. The van der Waals surface area contributed by atoms with Crippen molar-refractivity contribution in [2.24, 2.45) is 5.92 Å². The number of carbonyl (C=O) groups is 1. The second kappa shape index (κ2) is 11.3. The smallest absolute Gasteiger partial charge is 0.165 e. The first-order valence-corrected chi connectivity index (χ1v) is 12.5. The van der Waals surface area contributed by atoms with Crippen LogP contribution < -0.4 is 5.32 Å². The van der Waals surface area contributed by atoms with Crippen LogP contribution in [0, 0.1) is 24.2 Å². The zero-order valence-corrected chi connectivity index (χ0v) is 21.5. The van der Waals surface area contributed by atoms with Gasteiger partial charge in [-0.2, -0.15) is 5.26 Å². The van der Waals surface area contributed by atoms with E-state index in [1.54, 1.807) is 0 Å². The second-order valence-corrected chi connectivity index (χ2v) is 9.70. The van der Waals surface area contributed by atoms with Crippen molar-refractivity contribution in [3.63, 3.8) is 0 Å². The minimum atomic E-state index is -0.0182. The Hall–Kier alpha value is -3.75. The van der Waals surface area contributed by atoms with E-state index in [-0.39, 0.29) is 11.7 Å². The third-order valence-corrected chi connectivity index (χ3v) is 6.78. The van der Waals surface area contributed by atoms with Gasteiger partial charge in [0.25, 0.3) is 0 Å². The van der Waals surface area contributed by atoms with E-state index >= 15 is 0 Å². The number of nitrogens with zero attached hydrogens (tertiary/aromatic N) is 2. The standard InChI is InChI=1S/C31H33N3O2/c1-20(2)31(35)24-7-5-23(6-8-24)21(3)17-30-22(4)28(11-14-33-30)25-9-10-29(26(18-25)19-32)34-27-12-15-36-16-13-27/h5-11,14,17-18,20,27,34H,12-13,15-16H2,1-4H3/b21-17+. The quantitative estimate of drug-likeness (QED) is 0.372. The maximum atomic E-state index is 12.2. The van der Waals surface area contributed by atoms with Crippen LogP contribution in [0.2, 0.25) is 0 Å². The number of Topliss-reactive ketones (excluding diaryl/α,β-unsaturated/α-hetero) is 1. The van der Waals surface area contributed by atoms with Crippen LogP contribution in [0.1, 0.15) is 66.4 Å². The van der Waals surface area contributed by atoms with Crippen LogP contribution >= 0.6 is 0 Å². The van der Waals surface area contributed by atoms with Gasteiger partial charge in [-0.15, -0.1) is 0 Å². The van der Waals surface area contributed by atoms with Crippen molar-refractivity contribution in [1.29, 1.82) is 5.26 Å². The number of ketones is 1. The number of ether oxygens (including phenoxy) is 1. The van der Waals surface area contributed by atoms with Crippen molar-refractivity contribution >= 4 is 23.1 Å². The molecule has 0 amide bonds. The maximum Gasteiger partial charge on any atom is 0.165 e. The average molecular weight is 480 g/mol. The van der Waals surface area contributed by atoms with Gasteiger partial charge >= 0.3 is 0 Å². The summed E-state index contributed by atoms with van der Waals surface area (Å²) in [6, 6.07) is 18.5. The van der Waals surface area contributed by atoms with Crippen molar-refractivity contribution in [3.8, 4) is 17.2 Å². The molecule has 5 nitrogen and oxygen atoms in total. The van der Waals surface area contributed by atoms with E-state index in [1.807, 2.05) is 62.5 Å². The number of allylic oxidation sites excluding steroid dienone is 1. The lowest BCUT2D eigenvalue weighted by Crippen LogP contribution is -2.28. The number of pyridine rings is 1. The largest absolute Gasteiger partial charge is 0.381 e. The average Bonchev–Trinajstić information content (AvgIpc) is 2.90. The number of benzene rings is 2. The molecule has 0 atom stereocenters. The fourth-order valence-electron chi connectivity index (χ4n) is 4.52. The molecule has 0 bridgehead atoms. The number of hydrogen-bond acceptors (Lipinski definition) is 5. The topological polar surface area (TPSA) is 75.0 Å². The molecule has 2 aromatic carbocycles. The molecule has 4 rings (SSSR count). The molecule has 0 aliphatic carbocycles. The summed E-state index contributed by atoms with van der Waals surface area (Å²) in [6.07, 6.45) is 5.78. The Morgan fingerprint density at radius 2 is 1.81 bits per heavy atom. The summed E-state index contributed by atoms with van der Waals surface area (Å²) in [5.74, 6) is 0.134. The van der Waals surface area contributed by atoms with Gasteiger partial charge in [0.2, 0.25) is 0 Å². The van der Waals surface area contributed by atoms with Crippen LogP contribution in [0.5, 0.6) is 0 Å². The summed E-state index contributed by atoms with van der Waals surface area (Å²) in [4.78, 5) is 16.9. The first kappa shape index (κ1) is 25.3. The molecule has 0 radical (unpaired) electrons. The molecule has 0 unspecified atom stereocenters. The minimum Gasteiger partial charge on any atom is -0.381 e. The molecule has 1 saturated heterocycles. The highest BCUT2D eigenvalue weighted by Crippen LogP contribution is 2.30. The Morgan fingerprint density at radius 3 is 2.47 bits per heavy atom. The molecule has 0 saturated carbocycles. The van der Waals surface area contributed by atoms with Crippen LogP contribution in [-0.2, 0) is 4.74 Å². The Kier molecular flexibility index (Phi) is 7.97. The zero-order valence-electron chi connectivity index (χ0n) is 21.5. The molecule has 1 aliphatic rings. The predicted octanol–water partition coefficient (Wildman–Crippen LogP) is 6.92. The van der Waals surface area contributed by atoms with Gasteiger partial charge in [-0.25, -0.2) is 0 Å². The zero-order chi connectivity index (χ0) is 25.7. The summed E-state index contributed by atoms with van der Waals surface area (Å²) < 4.78 is 5.44. The summed E-state index contributed by atoms with van der Waals surface area (Å²) >= 11 is 0. The Balaban J connectivity index is 1.59. The molecule has 2 heterocycles. The van der Waals surface area contributed by atoms with Crippen molar-refractivity contribution in [2.75, 3.05) is 18.5 Å². The van der Waals surface area contributed by atoms with Crippen molar-refractivity contribution in [3.05, 3.63) is 82.7 Å². The molecular weight excluding hydrogens is 446 g/mol. The molecule has 1 fully saturated rings. The van der Waals surface area contributed by atoms with E-state index in [0.717, 1.165) is 70.8 Å². The normalized spacial score (nSPS) is 14.5. The second-order valence-electron chi connectivity index (χ2n) is 9.70. The van der Waals surface area contributed by atoms with Gasteiger partial charge in [0.15, 0.2) is 5.78 Å². The van der Waals surface area contributed by atoms with E-state index in [2.05, 4.69) is 42.4 Å². The van der Waals surface area contributed by atoms with Gasteiger partial charge in [0.1, 0.15) is 6.07 Å². The number of anilines is 1. The molecule has 0 spiro atoms. The Bertz CT molecular complexity index is 1310. The third kappa shape index (κ3) is 5.72. The van der Waals surface area contributed by atoms with Crippen molar-refractivity contribution in [2.45, 2.75) is 46.6 Å². The molecule has 1 aliphatic heterocycles. The van der Waals surface area contributed by atoms with Gasteiger partial charge < -0.3 is 10.1 Å². The molecule has 184 valence electrons. The van der Waals surface area contributed by atoms with Crippen LogP contribution in [-0.4, -0.2) is 30.0 Å². The van der Waals surface area contributed by atoms with E-state index < -0.39 is 0 Å². The fraction of sp³-hybridized carbons (Fsp3) is 0.323. The van der Waals surface area contributed by atoms with Crippen LogP contribution in [0.15, 0.2) is 54.7 Å². The van der Waals surface area contributed by atoms with Gasteiger partial charge in [-0.05, 0) is 78.8 Å². The Morgan fingerprint density at radius 1 is 1.11 bits per heavy atom. The van der Waals surface area contributed by atoms with Crippen LogP contribution in [0.3, 0.4) is 0 Å². The monoisotopic (exact) mass is 479 g/mol. The third-order valence-electron chi connectivity index (χ3n) is 6.78. The first-order chi connectivity index (χ1) is 17.4. The molecule has 1 N–H and O–H groups in total. The highest BCUT2D eigenvalue weighted by molar-refractivity contribution is 5.97. The SMILES string of the molecule is C/C(=C\c1nccc(-c2ccc(NC3CCOCC3)c(C#N)c2)c1C)c1ccc(C(=O)C(C)C)cc1. The Labute approximate surface area is 213 Å². The van der Waals surface area contributed by atoms with E-state index in [4.69, 9.17) is 4.74 Å². The van der Waals surface area contributed by atoms with Crippen LogP contribution in [0.4, 0.5) is 5.69 Å². The van der Waals surface area contributed by atoms with E-state index in [0.29, 0.717) is 11.6 Å². The molecule has 36 heavy (non-hydrogen) atoms. The number of rotatable bonds is 7. The lowest BCUT2D eigenvalue weighted by Gasteiger charge is -2.24. The number of carbonyl (C=O) groups excluding carboxylic acids is 1. The van der Waals surface area contributed by atoms with Crippen molar-refractivity contribution < 1.29 is 9.53 Å². The van der Waals surface area contributed by atoms with E-state index in [9.17, 15) is 10.1 Å². The van der Waals surface area contributed by atoms with Gasteiger partial charge in [-0.1, -0.05) is 44.2 Å². The van der Waals surface area contributed by atoms with Crippen LogP contribution in [0.25, 0.3) is 22.8 Å². The first-order valence-electron chi connectivity index (χ1n) is 12.5. The van der Waals surface area contributed by atoms with Gasteiger partial charge in [-0.3, -0.25) is 9.78 Å². The number of hydrogen-bond donors (Lipinski definition) is 1. The summed E-state index contributed by atoms with van der Waals surface area (Å²) in [7, 11) is 0. The van der Waals surface area contributed by atoms with Crippen molar-refractivity contribution in [1.82, 2.24) is 4.98 Å². The minimum absolute atomic E-state index is 0.0182. The number of nitrogens with one attached hydrogen (secondary N) is 1. The number of aromatic nitrogens is 1.